The van der Waals surface area contributed by atoms with Gasteiger partial charge in [0.2, 0.25) is 0 Å². The van der Waals surface area contributed by atoms with Crippen LogP contribution in [0.5, 0.6) is 11.5 Å². The number of aromatic nitrogens is 1. The van der Waals surface area contributed by atoms with Gasteiger partial charge in [-0.1, -0.05) is 18.2 Å². The van der Waals surface area contributed by atoms with Gasteiger partial charge in [-0.3, -0.25) is 4.79 Å². The summed E-state index contributed by atoms with van der Waals surface area (Å²) in [4.78, 5) is 14.5. The highest BCUT2D eigenvalue weighted by Gasteiger charge is 2.21. The minimum absolute atomic E-state index is 0.325. The molecule has 0 radical (unpaired) electrons. The van der Waals surface area contributed by atoms with Gasteiger partial charge in [-0.2, -0.15) is 0 Å². The third kappa shape index (κ3) is 2.64. The molecule has 102 valence electrons. The summed E-state index contributed by atoms with van der Waals surface area (Å²) in [7, 11) is 0. The molecule has 20 heavy (non-hydrogen) atoms. The van der Waals surface area contributed by atoms with E-state index in [1.54, 1.807) is 18.3 Å². The van der Waals surface area contributed by atoms with Gasteiger partial charge < -0.3 is 9.47 Å². The zero-order valence-corrected chi connectivity index (χ0v) is 11.0. The molecule has 2 aromatic rings. The van der Waals surface area contributed by atoms with Gasteiger partial charge in [-0.05, 0) is 24.6 Å². The molecule has 2 heterocycles. The maximum atomic E-state index is 10.5. The van der Waals surface area contributed by atoms with E-state index in [0.717, 1.165) is 18.5 Å². The number of benzene rings is 1. The highest BCUT2D eigenvalue weighted by atomic mass is 16.5. The van der Waals surface area contributed by atoms with Gasteiger partial charge in [0, 0.05) is 11.5 Å². The molecule has 0 aliphatic carbocycles. The number of para-hydroxylation sites is 1. The van der Waals surface area contributed by atoms with Gasteiger partial charge in [0.15, 0.2) is 6.29 Å². The lowest BCUT2D eigenvalue weighted by Crippen LogP contribution is -2.19. The SMILES string of the molecule is O=Cc1ccc(OCC2CCOc3ccccc32)cn1. The molecule has 0 fully saturated rings. The molecule has 4 nitrogen and oxygen atoms in total. The number of aldehydes is 1. The predicted octanol–water partition coefficient (Wildman–Crippen LogP) is 2.84. The zero-order chi connectivity index (χ0) is 13.8. The van der Waals surface area contributed by atoms with Crippen molar-refractivity contribution in [3.63, 3.8) is 0 Å². The lowest BCUT2D eigenvalue weighted by atomic mass is 9.94. The second kappa shape index (κ2) is 5.74. The molecule has 3 rings (SSSR count). The van der Waals surface area contributed by atoms with Crippen LogP contribution in [-0.4, -0.2) is 24.5 Å². The normalized spacial score (nSPS) is 16.9. The van der Waals surface area contributed by atoms with Crippen LogP contribution in [0.15, 0.2) is 42.6 Å². The highest BCUT2D eigenvalue weighted by molar-refractivity contribution is 5.71. The number of nitrogens with zero attached hydrogens (tertiary/aromatic N) is 1. The van der Waals surface area contributed by atoms with E-state index in [1.807, 2.05) is 18.2 Å². The fraction of sp³-hybridized carbons (Fsp3) is 0.250. The molecule has 0 amide bonds. The number of rotatable bonds is 4. The number of ether oxygens (including phenoxy) is 2. The van der Waals surface area contributed by atoms with E-state index in [-0.39, 0.29) is 0 Å². The van der Waals surface area contributed by atoms with Crippen LogP contribution in [0.1, 0.15) is 28.4 Å². The van der Waals surface area contributed by atoms with Crippen LogP contribution in [0.2, 0.25) is 0 Å². The number of hydrogen-bond donors (Lipinski definition) is 0. The monoisotopic (exact) mass is 269 g/mol. The number of fused-ring (bicyclic) bond motifs is 1. The van der Waals surface area contributed by atoms with Crippen LogP contribution >= 0.6 is 0 Å². The van der Waals surface area contributed by atoms with Crippen LogP contribution < -0.4 is 9.47 Å². The van der Waals surface area contributed by atoms with Crippen LogP contribution in [0.4, 0.5) is 0 Å². The Balaban J connectivity index is 1.68. The second-order valence-electron chi connectivity index (χ2n) is 4.72. The highest BCUT2D eigenvalue weighted by Crippen LogP contribution is 2.33. The van der Waals surface area contributed by atoms with Crippen LogP contribution in [-0.2, 0) is 0 Å². The Morgan fingerprint density at radius 2 is 2.20 bits per heavy atom. The number of pyridine rings is 1. The van der Waals surface area contributed by atoms with Gasteiger partial charge in [-0.15, -0.1) is 0 Å². The minimum Gasteiger partial charge on any atom is -0.493 e. The van der Waals surface area contributed by atoms with Crippen LogP contribution in [0.25, 0.3) is 0 Å². The van der Waals surface area contributed by atoms with E-state index in [0.29, 0.717) is 30.6 Å². The topological polar surface area (TPSA) is 48.4 Å². The summed E-state index contributed by atoms with van der Waals surface area (Å²) in [5.41, 5.74) is 1.60. The molecule has 0 bridgehead atoms. The van der Waals surface area contributed by atoms with E-state index < -0.39 is 0 Å². The first-order chi connectivity index (χ1) is 9.86. The number of carbonyl (C=O) groups is 1. The van der Waals surface area contributed by atoms with Gasteiger partial charge in [0.05, 0.1) is 19.4 Å². The summed E-state index contributed by atoms with van der Waals surface area (Å²) in [6, 6.07) is 11.5. The Hall–Kier alpha value is -2.36. The van der Waals surface area contributed by atoms with Crippen molar-refractivity contribution >= 4 is 6.29 Å². The Kier molecular flexibility index (Phi) is 3.63. The van der Waals surface area contributed by atoms with Crippen molar-refractivity contribution in [2.75, 3.05) is 13.2 Å². The molecule has 4 heteroatoms. The molecule has 1 aromatic heterocycles. The number of carbonyl (C=O) groups excluding carboxylic acids is 1. The molecular formula is C16H15NO3. The zero-order valence-electron chi connectivity index (χ0n) is 11.0. The summed E-state index contributed by atoms with van der Waals surface area (Å²) >= 11 is 0. The summed E-state index contributed by atoms with van der Waals surface area (Å²) in [6.45, 7) is 1.30. The summed E-state index contributed by atoms with van der Waals surface area (Å²) < 4.78 is 11.4. The van der Waals surface area contributed by atoms with E-state index in [2.05, 4.69) is 11.1 Å². The average Bonchev–Trinajstić information content (AvgIpc) is 2.53. The first-order valence-electron chi connectivity index (χ1n) is 6.62. The van der Waals surface area contributed by atoms with Crippen molar-refractivity contribution < 1.29 is 14.3 Å². The van der Waals surface area contributed by atoms with Gasteiger partial charge in [0.25, 0.3) is 0 Å². The lowest BCUT2D eigenvalue weighted by Gasteiger charge is -2.25. The first-order valence-corrected chi connectivity index (χ1v) is 6.62. The molecular weight excluding hydrogens is 254 g/mol. The Morgan fingerprint density at radius 1 is 1.30 bits per heavy atom. The Bertz CT molecular complexity index is 595. The Labute approximate surface area is 117 Å². The molecule has 0 saturated carbocycles. The second-order valence-corrected chi connectivity index (χ2v) is 4.72. The van der Waals surface area contributed by atoms with Crippen LogP contribution in [0, 0.1) is 0 Å². The molecule has 1 atom stereocenters. The number of hydrogen-bond acceptors (Lipinski definition) is 4. The van der Waals surface area contributed by atoms with E-state index in [1.165, 1.54) is 5.56 Å². The lowest BCUT2D eigenvalue weighted by molar-refractivity contribution is 0.111. The van der Waals surface area contributed by atoms with E-state index >= 15 is 0 Å². The molecule has 1 unspecified atom stereocenters. The summed E-state index contributed by atoms with van der Waals surface area (Å²) in [6.07, 6.45) is 3.24. The van der Waals surface area contributed by atoms with Crippen molar-refractivity contribution in [2.45, 2.75) is 12.3 Å². The maximum Gasteiger partial charge on any atom is 0.168 e. The molecule has 0 N–H and O–H groups in total. The van der Waals surface area contributed by atoms with Gasteiger partial charge in [0.1, 0.15) is 17.2 Å². The summed E-state index contributed by atoms with van der Waals surface area (Å²) in [5.74, 6) is 1.95. The fourth-order valence-electron chi connectivity index (χ4n) is 2.33. The standard InChI is InChI=1S/C16H15NO3/c18-10-13-5-6-14(9-17-13)20-11-12-7-8-19-16-4-2-1-3-15(12)16/h1-6,9-10,12H,7-8,11H2. The van der Waals surface area contributed by atoms with Crippen molar-refractivity contribution in [2.24, 2.45) is 0 Å². The summed E-state index contributed by atoms with van der Waals surface area (Å²) in [5, 5.41) is 0. The quantitative estimate of drug-likeness (QED) is 0.801. The van der Waals surface area contributed by atoms with E-state index in [4.69, 9.17) is 9.47 Å². The smallest absolute Gasteiger partial charge is 0.168 e. The molecule has 1 aromatic carbocycles. The first kappa shape index (κ1) is 12.7. The predicted molar refractivity (Wildman–Crippen MR) is 74.4 cm³/mol. The maximum absolute atomic E-state index is 10.5. The van der Waals surface area contributed by atoms with Gasteiger partial charge >= 0.3 is 0 Å². The van der Waals surface area contributed by atoms with Crippen molar-refractivity contribution in [1.82, 2.24) is 4.98 Å². The third-order valence-electron chi connectivity index (χ3n) is 3.41. The van der Waals surface area contributed by atoms with E-state index in [9.17, 15) is 4.79 Å². The molecule has 0 saturated heterocycles. The molecule has 1 aliphatic heterocycles. The average molecular weight is 269 g/mol. The van der Waals surface area contributed by atoms with Crippen LogP contribution in [0.3, 0.4) is 0 Å². The Morgan fingerprint density at radius 3 is 3.00 bits per heavy atom. The minimum atomic E-state index is 0.325. The van der Waals surface area contributed by atoms with Crippen molar-refractivity contribution in [3.05, 3.63) is 53.9 Å². The van der Waals surface area contributed by atoms with Crippen molar-refractivity contribution in [1.29, 1.82) is 0 Å². The van der Waals surface area contributed by atoms with Crippen molar-refractivity contribution in [3.8, 4) is 11.5 Å². The third-order valence-corrected chi connectivity index (χ3v) is 3.41. The fourth-order valence-corrected chi connectivity index (χ4v) is 2.33. The molecule has 0 spiro atoms. The molecule has 1 aliphatic rings. The largest absolute Gasteiger partial charge is 0.493 e. The van der Waals surface area contributed by atoms with Gasteiger partial charge in [-0.25, -0.2) is 4.98 Å².